The Bertz CT molecular complexity index is 458. The Morgan fingerprint density at radius 2 is 2.40 bits per heavy atom. The molecule has 0 aromatic heterocycles. The van der Waals surface area contributed by atoms with Crippen LogP contribution in [0.2, 0.25) is 0 Å². The molecule has 0 amide bonds. The van der Waals surface area contributed by atoms with E-state index in [0.717, 1.165) is 26.1 Å². The third-order valence-electron chi connectivity index (χ3n) is 3.31. The van der Waals surface area contributed by atoms with Gasteiger partial charge in [0.05, 0.1) is 24.2 Å². The van der Waals surface area contributed by atoms with E-state index in [9.17, 15) is 10.1 Å². The Morgan fingerprint density at radius 1 is 1.55 bits per heavy atom. The highest BCUT2D eigenvalue weighted by atomic mass is 16.6. The van der Waals surface area contributed by atoms with Gasteiger partial charge in [-0.15, -0.1) is 0 Å². The Morgan fingerprint density at radius 3 is 3.05 bits per heavy atom. The number of anilines is 1. The summed E-state index contributed by atoms with van der Waals surface area (Å²) in [4.78, 5) is 10.7. The maximum Gasteiger partial charge on any atom is 0.296 e. The number of nitro groups is 1. The molecule has 2 rings (SSSR count). The summed E-state index contributed by atoms with van der Waals surface area (Å²) in [6, 6.07) is 4.91. The summed E-state index contributed by atoms with van der Waals surface area (Å²) in [6.07, 6.45) is 2.15. The first kappa shape index (κ1) is 14.6. The quantitative estimate of drug-likeness (QED) is 0.640. The van der Waals surface area contributed by atoms with E-state index in [1.807, 2.05) is 6.92 Å². The molecule has 1 aliphatic heterocycles. The zero-order valence-electron chi connectivity index (χ0n) is 11.6. The van der Waals surface area contributed by atoms with Gasteiger partial charge in [-0.25, -0.2) is 0 Å². The Hall–Kier alpha value is -1.82. The van der Waals surface area contributed by atoms with Gasteiger partial charge in [-0.05, 0) is 37.8 Å². The van der Waals surface area contributed by atoms with Crippen molar-refractivity contribution < 1.29 is 14.4 Å². The molecule has 1 saturated heterocycles. The minimum absolute atomic E-state index is 0.0488. The SMILES string of the molecule is CCOc1ccc(NCC2CCCOC2)c([N+](=O)[O-])c1. The van der Waals surface area contributed by atoms with Gasteiger partial charge in [0, 0.05) is 13.2 Å². The number of rotatable bonds is 6. The monoisotopic (exact) mass is 280 g/mol. The number of nitrogens with zero attached hydrogens (tertiary/aromatic N) is 1. The first-order valence-electron chi connectivity index (χ1n) is 6.93. The van der Waals surface area contributed by atoms with Crippen LogP contribution in [-0.4, -0.2) is 31.3 Å². The first-order valence-corrected chi connectivity index (χ1v) is 6.93. The average Bonchev–Trinajstić information content (AvgIpc) is 2.47. The van der Waals surface area contributed by atoms with Gasteiger partial charge in [0.1, 0.15) is 11.4 Å². The van der Waals surface area contributed by atoms with Gasteiger partial charge in [-0.1, -0.05) is 0 Å². The predicted octanol–water partition coefficient (Wildman–Crippen LogP) is 2.83. The molecule has 1 aliphatic rings. The average molecular weight is 280 g/mol. The molecular formula is C14H20N2O4. The lowest BCUT2D eigenvalue weighted by molar-refractivity contribution is -0.384. The molecule has 0 saturated carbocycles. The second-order valence-electron chi connectivity index (χ2n) is 4.83. The van der Waals surface area contributed by atoms with Crippen molar-refractivity contribution in [1.82, 2.24) is 0 Å². The van der Waals surface area contributed by atoms with Gasteiger partial charge >= 0.3 is 0 Å². The van der Waals surface area contributed by atoms with Crippen LogP contribution in [0.15, 0.2) is 18.2 Å². The Labute approximate surface area is 118 Å². The number of hydrogen-bond donors (Lipinski definition) is 1. The van der Waals surface area contributed by atoms with Crippen LogP contribution in [-0.2, 0) is 4.74 Å². The van der Waals surface area contributed by atoms with Gasteiger partial charge in [0.2, 0.25) is 0 Å². The van der Waals surface area contributed by atoms with Crippen LogP contribution in [0.5, 0.6) is 5.75 Å². The molecule has 1 fully saturated rings. The van der Waals surface area contributed by atoms with Crippen LogP contribution in [0.1, 0.15) is 19.8 Å². The van der Waals surface area contributed by atoms with Crippen molar-refractivity contribution in [3.63, 3.8) is 0 Å². The third kappa shape index (κ3) is 3.84. The van der Waals surface area contributed by atoms with E-state index in [1.54, 1.807) is 12.1 Å². The molecular weight excluding hydrogens is 260 g/mol. The van der Waals surface area contributed by atoms with Crippen LogP contribution in [0.25, 0.3) is 0 Å². The number of nitrogens with one attached hydrogen (secondary N) is 1. The van der Waals surface area contributed by atoms with Gasteiger partial charge < -0.3 is 14.8 Å². The smallest absolute Gasteiger partial charge is 0.296 e. The molecule has 1 unspecified atom stereocenters. The number of ether oxygens (including phenoxy) is 2. The highest BCUT2D eigenvalue weighted by Gasteiger charge is 2.18. The molecule has 1 N–H and O–H groups in total. The summed E-state index contributed by atoms with van der Waals surface area (Å²) in [5, 5.41) is 14.3. The lowest BCUT2D eigenvalue weighted by atomic mass is 10.0. The fourth-order valence-corrected chi connectivity index (χ4v) is 2.29. The number of nitro benzene ring substituents is 1. The topological polar surface area (TPSA) is 73.6 Å². The molecule has 20 heavy (non-hydrogen) atoms. The van der Waals surface area contributed by atoms with E-state index in [1.165, 1.54) is 6.07 Å². The second-order valence-corrected chi connectivity index (χ2v) is 4.83. The fourth-order valence-electron chi connectivity index (χ4n) is 2.29. The summed E-state index contributed by atoms with van der Waals surface area (Å²) < 4.78 is 10.7. The highest BCUT2D eigenvalue weighted by Crippen LogP contribution is 2.29. The third-order valence-corrected chi connectivity index (χ3v) is 3.31. The first-order chi connectivity index (χ1) is 9.70. The molecule has 1 aromatic rings. The summed E-state index contributed by atoms with van der Waals surface area (Å²) in [5.74, 6) is 0.931. The van der Waals surface area contributed by atoms with Crippen LogP contribution in [0.4, 0.5) is 11.4 Å². The molecule has 6 nitrogen and oxygen atoms in total. The van der Waals surface area contributed by atoms with Crippen LogP contribution >= 0.6 is 0 Å². The highest BCUT2D eigenvalue weighted by molar-refractivity contribution is 5.63. The van der Waals surface area contributed by atoms with E-state index in [4.69, 9.17) is 9.47 Å². The van der Waals surface area contributed by atoms with Gasteiger partial charge in [-0.2, -0.15) is 0 Å². The summed E-state index contributed by atoms with van der Waals surface area (Å²) in [7, 11) is 0. The van der Waals surface area contributed by atoms with E-state index < -0.39 is 0 Å². The van der Waals surface area contributed by atoms with Crippen LogP contribution in [0.3, 0.4) is 0 Å². The van der Waals surface area contributed by atoms with E-state index in [2.05, 4.69) is 5.32 Å². The van der Waals surface area contributed by atoms with E-state index >= 15 is 0 Å². The standard InChI is InChI=1S/C14H20N2O4/c1-2-20-12-5-6-13(14(8-12)16(17)18)15-9-11-4-3-7-19-10-11/h5-6,8,11,15H,2-4,7,9-10H2,1H3. The molecule has 0 radical (unpaired) electrons. The fraction of sp³-hybridized carbons (Fsp3) is 0.571. The van der Waals surface area contributed by atoms with Gasteiger partial charge in [-0.3, -0.25) is 10.1 Å². The summed E-state index contributed by atoms with van der Waals surface area (Å²) in [6.45, 7) is 4.57. The molecule has 1 atom stereocenters. The van der Waals surface area contributed by atoms with Crippen molar-refractivity contribution in [3.8, 4) is 5.75 Å². The molecule has 110 valence electrons. The lowest BCUT2D eigenvalue weighted by Crippen LogP contribution is -2.24. The predicted molar refractivity (Wildman–Crippen MR) is 76.3 cm³/mol. The minimum atomic E-state index is -0.387. The molecule has 0 spiro atoms. The largest absolute Gasteiger partial charge is 0.494 e. The lowest BCUT2D eigenvalue weighted by Gasteiger charge is -2.22. The normalized spacial score (nSPS) is 18.6. The Kier molecular flexibility index (Phi) is 5.17. The summed E-state index contributed by atoms with van der Waals surface area (Å²) in [5.41, 5.74) is 0.580. The van der Waals surface area contributed by atoms with Crippen molar-refractivity contribution in [1.29, 1.82) is 0 Å². The molecule has 6 heteroatoms. The van der Waals surface area contributed by atoms with Crippen molar-refractivity contribution in [2.24, 2.45) is 5.92 Å². The molecule has 0 aliphatic carbocycles. The zero-order chi connectivity index (χ0) is 14.4. The molecule has 0 bridgehead atoms. The van der Waals surface area contributed by atoms with E-state index in [0.29, 0.717) is 30.5 Å². The number of hydrogen-bond acceptors (Lipinski definition) is 5. The van der Waals surface area contributed by atoms with Crippen molar-refractivity contribution in [2.75, 3.05) is 31.7 Å². The second kappa shape index (κ2) is 7.09. The van der Waals surface area contributed by atoms with Crippen LogP contribution in [0, 0.1) is 16.0 Å². The molecule has 1 aromatic carbocycles. The zero-order valence-corrected chi connectivity index (χ0v) is 11.6. The number of benzene rings is 1. The molecule has 1 heterocycles. The van der Waals surface area contributed by atoms with Crippen molar-refractivity contribution in [3.05, 3.63) is 28.3 Å². The summed E-state index contributed by atoms with van der Waals surface area (Å²) >= 11 is 0. The van der Waals surface area contributed by atoms with Gasteiger partial charge in [0.15, 0.2) is 0 Å². The van der Waals surface area contributed by atoms with Crippen molar-refractivity contribution in [2.45, 2.75) is 19.8 Å². The van der Waals surface area contributed by atoms with Crippen LogP contribution < -0.4 is 10.1 Å². The van der Waals surface area contributed by atoms with Gasteiger partial charge in [0.25, 0.3) is 5.69 Å². The maximum absolute atomic E-state index is 11.1. The Balaban J connectivity index is 2.03. The minimum Gasteiger partial charge on any atom is -0.494 e. The van der Waals surface area contributed by atoms with E-state index in [-0.39, 0.29) is 10.6 Å². The maximum atomic E-state index is 11.1. The van der Waals surface area contributed by atoms with Crippen molar-refractivity contribution >= 4 is 11.4 Å².